The van der Waals surface area contributed by atoms with Crippen LogP contribution in [-0.2, 0) is 0 Å². The molecule has 220 valence electrons. The second-order valence-electron chi connectivity index (χ2n) is 10.3. The van der Waals surface area contributed by atoms with Gasteiger partial charge in [0.15, 0.2) is 17.3 Å². The van der Waals surface area contributed by atoms with Crippen LogP contribution in [0.25, 0.3) is 61.2 Å². The van der Waals surface area contributed by atoms with E-state index in [0.29, 0.717) is 22.4 Å². The number of hydrogen-bond donors (Lipinski definition) is 6. The predicted molar refractivity (Wildman–Crippen MR) is 177 cm³/mol. The molecule has 0 aliphatic carbocycles. The second-order valence-corrected chi connectivity index (χ2v) is 10.3. The maximum absolute atomic E-state index is 10.6. The Morgan fingerprint density at radius 3 is 1.98 bits per heavy atom. The van der Waals surface area contributed by atoms with Gasteiger partial charge in [-0.15, -0.1) is 0 Å². The van der Waals surface area contributed by atoms with E-state index in [-0.39, 0.29) is 5.82 Å². The molecule has 6 N–H and O–H groups in total. The highest BCUT2D eigenvalue weighted by atomic mass is 16.4. The fourth-order valence-electron chi connectivity index (χ4n) is 5.24. The first kappa shape index (κ1) is 28.7. The van der Waals surface area contributed by atoms with Crippen molar-refractivity contribution in [3.63, 3.8) is 0 Å². The zero-order valence-electron chi connectivity index (χ0n) is 23.8. The van der Waals surface area contributed by atoms with Crippen LogP contribution in [0, 0.1) is 5.41 Å². The maximum atomic E-state index is 10.6. The van der Waals surface area contributed by atoms with Crippen molar-refractivity contribution in [2.75, 3.05) is 0 Å². The molecule has 6 aromatic rings. The molecule has 1 aromatic heterocycles. The molecule has 1 heterocycles. The van der Waals surface area contributed by atoms with Crippen LogP contribution in [-0.4, -0.2) is 41.7 Å². The highest BCUT2D eigenvalue weighted by Crippen LogP contribution is 2.54. The Morgan fingerprint density at radius 1 is 0.644 bits per heavy atom. The summed E-state index contributed by atoms with van der Waals surface area (Å²) < 4.78 is 0. The van der Waals surface area contributed by atoms with Crippen LogP contribution in [0.4, 0.5) is 0 Å². The summed E-state index contributed by atoms with van der Waals surface area (Å²) in [6, 6.07) is 29.6. The van der Waals surface area contributed by atoms with Crippen molar-refractivity contribution in [1.82, 2.24) is 9.97 Å². The zero-order valence-corrected chi connectivity index (χ0v) is 23.8. The van der Waals surface area contributed by atoms with Crippen molar-refractivity contribution < 1.29 is 25.5 Å². The number of phenols is 5. The molecule has 0 aliphatic rings. The van der Waals surface area contributed by atoms with Gasteiger partial charge in [0.25, 0.3) is 0 Å². The van der Waals surface area contributed by atoms with E-state index in [1.807, 2.05) is 60.7 Å². The standard InChI is InChI=1S/C37H27N3O5/c1-2-6-28(19-38)25-9-5-10-27(18-25)29-20-39-37(30-32(41)34(43)36(45)35(44)33(30)42)40-31(29)23-14-11-22(12-15-23)26-16-13-21-7-3-4-8-24(21)17-26/h2-20,38,41-45H,1H2/b28-6+,38-19?. The fraction of sp³-hybridized carbons (Fsp3) is 0. The Labute approximate surface area is 258 Å². The molecule has 0 radical (unpaired) electrons. The predicted octanol–water partition coefficient (Wildman–Crippen LogP) is 8.04. The monoisotopic (exact) mass is 593 g/mol. The van der Waals surface area contributed by atoms with Crippen molar-refractivity contribution >= 4 is 22.6 Å². The molecule has 8 nitrogen and oxygen atoms in total. The molecule has 0 fully saturated rings. The van der Waals surface area contributed by atoms with Gasteiger partial charge in [0.05, 0.1) is 5.69 Å². The molecule has 8 heteroatoms. The Hall–Kier alpha value is -6.41. The van der Waals surface area contributed by atoms with Gasteiger partial charge in [-0.05, 0) is 50.7 Å². The number of rotatable bonds is 7. The van der Waals surface area contributed by atoms with E-state index in [1.165, 1.54) is 12.4 Å². The smallest absolute Gasteiger partial charge is 0.208 e. The molecule has 0 bridgehead atoms. The number of nitrogens with one attached hydrogen (secondary N) is 1. The molecule has 0 aliphatic heterocycles. The molecule has 0 saturated heterocycles. The molecular formula is C37H27N3O5. The highest BCUT2D eigenvalue weighted by molar-refractivity contribution is 6.09. The lowest BCUT2D eigenvalue weighted by molar-refractivity contribution is 0.329. The van der Waals surface area contributed by atoms with E-state index >= 15 is 0 Å². The number of benzene rings is 5. The van der Waals surface area contributed by atoms with Gasteiger partial charge in [-0.2, -0.15) is 0 Å². The summed E-state index contributed by atoms with van der Waals surface area (Å²) in [6.45, 7) is 3.73. The zero-order chi connectivity index (χ0) is 31.7. The quantitative estimate of drug-likeness (QED) is 0.0474. The minimum absolute atomic E-state index is 0.198. The van der Waals surface area contributed by atoms with Crippen molar-refractivity contribution in [1.29, 1.82) is 5.41 Å². The van der Waals surface area contributed by atoms with Gasteiger partial charge in [-0.3, -0.25) is 0 Å². The third-order valence-corrected chi connectivity index (χ3v) is 7.58. The summed E-state index contributed by atoms with van der Waals surface area (Å²) >= 11 is 0. The largest absolute Gasteiger partial charge is 0.504 e. The number of fused-ring (bicyclic) bond motifs is 1. The van der Waals surface area contributed by atoms with E-state index in [0.717, 1.165) is 33.0 Å². The summed E-state index contributed by atoms with van der Waals surface area (Å²) in [6.07, 6.45) is 6.08. The average molecular weight is 594 g/mol. The number of aromatic hydroxyl groups is 5. The Balaban J connectivity index is 1.53. The molecular weight excluding hydrogens is 566 g/mol. The number of aromatic nitrogens is 2. The number of hydrogen-bond acceptors (Lipinski definition) is 8. The fourth-order valence-corrected chi connectivity index (χ4v) is 5.24. The topological polar surface area (TPSA) is 151 Å². The Bertz CT molecular complexity index is 2120. The summed E-state index contributed by atoms with van der Waals surface area (Å²) in [5, 5.41) is 61.5. The van der Waals surface area contributed by atoms with Gasteiger partial charge in [0, 0.05) is 23.5 Å². The lowest BCUT2D eigenvalue weighted by Gasteiger charge is -2.15. The summed E-state index contributed by atoms with van der Waals surface area (Å²) in [5.74, 6) is -5.08. The average Bonchev–Trinajstić information content (AvgIpc) is 3.08. The molecule has 0 spiro atoms. The summed E-state index contributed by atoms with van der Waals surface area (Å²) in [4.78, 5) is 9.05. The second kappa shape index (κ2) is 11.7. The van der Waals surface area contributed by atoms with Crippen molar-refractivity contribution in [3.8, 4) is 73.6 Å². The minimum atomic E-state index is -1.07. The first-order valence-electron chi connectivity index (χ1n) is 13.9. The molecule has 45 heavy (non-hydrogen) atoms. The van der Waals surface area contributed by atoms with E-state index in [2.05, 4.69) is 46.9 Å². The highest BCUT2D eigenvalue weighted by Gasteiger charge is 2.27. The summed E-state index contributed by atoms with van der Waals surface area (Å²) in [7, 11) is 0. The van der Waals surface area contributed by atoms with Crippen LogP contribution in [0.1, 0.15) is 5.56 Å². The van der Waals surface area contributed by atoms with Crippen molar-refractivity contribution in [3.05, 3.63) is 121 Å². The van der Waals surface area contributed by atoms with Crippen LogP contribution in [0.15, 0.2) is 116 Å². The molecule has 5 aromatic carbocycles. The maximum Gasteiger partial charge on any atom is 0.208 e. The van der Waals surface area contributed by atoms with Crippen LogP contribution >= 0.6 is 0 Å². The number of nitrogens with zero attached hydrogens (tertiary/aromatic N) is 2. The SMILES string of the molecule is C=C/C=C(\C=N)c1cccc(-c2cnc(-c3c(O)c(O)c(O)c(O)c3O)nc2-c2ccc(-c3ccc4ccccc4c3)cc2)c1. The first-order valence-corrected chi connectivity index (χ1v) is 13.9. The van der Waals surface area contributed by atoms with Crippen LogP contribution in [0.5, 0.6) is 28.7 Å². The number of phenolic OH excluding ortho intramolecular Hbond substituents is 5. The van der Waals surface area contributed by atoms with E-state index < -0.39 is 34.3 Å². The van der Waals surface area contributed by atoms with Gasteiger partial charge in [-0.25, -0.2) is 9.97 Å². The van der Waals surface area contributed by atoms with Gasteiger partial charge in [0.2, 0.25) is 17.2 Å². The number of allylic oxidation sites excluding steroid dienone is 3. The van der Waals surface area contributed by atoms with Gasteiger partial charge in [0.1, 0.15) is 5.56 Å². The normalized spacial score (nSPS) is 11.4. The molecule has 0 atom stereocenters. The third-order valence-electron chi connectivity index (χ3n) is 7.58. The van der Waals surface area contributed by atoms with Crippen molar-refractivity contribution in [2.45, 2.75) is 0 Å². The Morgan fingerprint density at radius 2 is 1.29 bits per heavy atom. The van der Waals surface area contributed by atoms with E-state index in [9.17, 15) is 25.5 Å². The van der Waals surface area contributed by atoms with Crippen molar-refractivity contribution in [2.24, 2.45) is 0 Å². The molecule has 6 rings (SSSR count). The lowest BCUT2D eigenvalue weighted by atomic mass is 9.95. The van der Waals surface area contributed by atoms with E-state index in [1.54, 1.807) is 12.2 Å². The van der Waals surface area contributed by atoms with Gasteiger partial charge < -0.3 is 30.9 Å². The lowest BCUT2D eigenvalue weighted by Crippen LogP contribution is -1.98. The van der Waals surface area contributed by atoms with Gasteiger partial charge >= 0.3 is 0 Å². The van der Waals surface area contributed by atoms with Gasteiger partial charge in [-0.1, -0.05) is 97.6 Å². The Kier molecular flexibility index (Phi) is 7.46. The third kappa shape index (κ3) is 5.21. The molecule has 0 saturated carbocycles. The molecule has 0 unspecified atom stereocenters. The van der Waals surface area contributed by atoms with Crippen LogP contribution in [0.3, 0.4) is 0 Å². The van der Waals surface area contributed by atoms with Crippen LogP contribution in [0.2, 0.25) is 0 Å². The van der Waals surface area contributed by atoms with Crippen LogP contribution < -0.4 is 0 Å². The first-order chi connectivity index (χ1) is 21.8. The minimum Gasteiger partial charge on any atom is -0.504 e. The summed E-state index contributed by atoms with van der Waals surface area (Å²) in [5.41, 5.74) is 5.44. The molecule has 0 amide bonds. The van der Waals surface area contributed by atoms with E-state index in [4.69, 9.17) is 5.41 Å².